The summed E-state index contributed by atoms with van der Waals surface area (Å²) in [5.74, 6) is -2.80. The number of carbonyl (C=O) groups excluding carboxylic acids is 3. The van der Waals surface area contributed by atoms with E-state index in [1.54, 1.807) is 7.05 Å². The van der Waals surface area contributed by atoms with Crippen molar-refractivity contribution in [2.45, 2.75) is 12.5 Å². The Kier molecular flexibility index (Phi) is 4.21. The normalized spacial score (nSPS) is 21.1. The van der Waals surface area contributed by atoms with Gasteiger partial charge in [0.05, 0.1) is 19.5 Å². The van der Waals surface area contributed by atoms with Crippen molar-refractivity contribution in [2.75, 3.05) is 33.2 Å². The summed E-state index contributed by atoms with van der Waals surface area (Å²) in [5, 5.41) is 0. The number of likely N-dealkylation sites (N-methyl/N-ethyl adjacent to an activating group) is 1. The molecule has 2 aliphatic heterocycles. The van der Waals surface area contributed by atoms with Crippen molar-refractivity contribution in [3.05, 3.63) is 35.4 Å². The number of amides is 3. The predicted octanol–water partition coefficient (Wildman–Crippen LogP) is 0.0187. The molecule has 128 valence electrons. The first-order chi connectivity index (χ1) is 11.4. The summed E-state index contributed by atoms with van der Waals surface area (Å²) in [5.41, 5.74) is -0.0226. The topological polar surface area (TPSA) is 60.9 Å². The average Bonchev–Trinajstić information content (AvgIpc) is 2.56. The zero-order valence-corrected chi connectivity index (χ0v) is 13.2. The highest BCUT2D eigenvalue weighted by molar-refractivity contribution is 5.95. The summed E-state index contributed by atoms with van der Waals surface area (Å²) in [6.45, 7) is 0.651. The highest BCUT2D eigenvalue weighted by Crippen LogP contribution is 2.19. The first-order valence-electron chi connectivity index (χ1n) is 7.63. The first kappa shape index (κ1) is 16.4. The van der Waals surface area contributed by atoms with Crippen LogP contribution in [0.2, 0.25) is 0 Å². The molecule has 8 heteroatoms. The summed E-state index contributed by atoms with van der Waals surface area (Å²) < 4.78 is 26.9. The molecule has 6 nitrogen and oxygen atoms in total. The molecule has 3 amide bonds. The molecule has 1 aromatic carbocycles. The fraction of sp³-hybridized carbons (Fsp3) is 0.438. The van der Waals surface area contributed by atoms with Crippen LogP contribution in [0.5, 0.6) is 0 Å². The molecule has 0 spiro atoms. The third kappa shape index (κ3) is 2.83. The maximum Gasteiger partial charge on any atom is 0.247 e. The van der Waals surface area contributed by atoms with Crippen LogP contribution < -0.4 is 0 Å². The molecule has 1 atom stereocenters. The quantitative estimate of drug-likeness (QED) is 0.764. The molecule has 24 heavy (non-hydrogen) atoms. The molecule has 0 radical (unpaired) electrons. The minimum absolute atomic E-state index is 0.0226. The van der Waals surface area contributed by atoms with E-state index in [-0.39, 0.29) is 50.0 Å². The molecular weight excluding hydrogens is 320 g/mol. The Bertz CT molecular complexity index is 710. The van der Waals surface area contributed by atoms with Crippen LogP contribution in [0.3, 0.4) is 0 Å². The van der Waals surface area contributed by atoms with Gasteiger partial charge >= 0.3 is 0 Å². The van der Waals surface area contributed by atoms with Crippen molar-refractivity contribution in [2.24, 2.45) is 0 Å². The maximum atomic E-state index is 13.7. The van der Waals surface area contributed by atoms with E-state index in [4.69, 9.17) is 0 Å². The number of hydrogen-bond donors (Lipinski definition) is 0. The lowest BCUT2D eigenvalue weighted by molar-refractivity contribution is -0.160. The van der Waals surface area contributed by atoms with Gasteiger partial charge in [-0.15, -0.1) is 0 Å². The second-order valence-electron chi connectivity index (χ2n) is 6.03. The van der Waals surface area contributed by atoms with Crippen molar-refractivity contribution in [3.8, 4) is 0 Å². The van der Waals surface area contributed by atoms with Gasteiger partial charge in [-0.2, -0.15) is 0 Å². The Morgan fingerprint density at radius 2 is 2.00 bits per heavy atom. The van der Waals surface area contributed by atoms with Gasteiger partial charge in [0.25, 0.3) is 0 Å². The van der Waals surface area contributed by atoms with Gasteiger partial charge in [-0.1, -0.05) is 12.1 Å². The highest BCUT2D eigenvalue weighted by Gasteiger charge is 2.42. The molecule has 0 N–H and O–H groups in total. The van der Waals surface area contributed by atoms with Crippen molar-refractivity contribution < 1.29 is 23.2 Å². The highest BCUT2D eigenvalue weighted by atomic mass is 19.2. The van der Waals surface area contributed by atoms with Gasteiger partial charge in [0, 0.05) is 25.7 Å². The average molecular weight is 337 g/mol. The number of carbonyl (C=O) groups is 3. The van der Waals surface area contributed by atoms with Gasteiger partial charge in [0.2, 0.25) is 17.7 Å². The molecule has 2 aliphatic rings. The SMILES string of the molecule is CN1CC(=O)N2CCN(C(=O)Cc3cccc(F)c3F)C[C@H]2C1=O. The van der Waals surface area contributed by atoms with Crippen molar-refractivity contribution in [1.29, 1.82) is 0 Å². The Morgan fingerprint density at radius 1 is 1.25 bits per heavy atom. The summed E-state index contributed by atoms with van der Waals surface area (Å²) in [4.78, 5) is 40.8. The predicted molar refractivity (Wildman–Crippen MR) is 79.8 cm³/mol. The van der Waals surface area contributed by atoms with E-state index in [1.807, 2.05) is 0 Å². The maximum absolute atomic E-state index is 13.7. The zero-order chi connectivity index (χ0) is 17.4. The summed E-state index contributed by atoms with van der Waals surface area (Å²) in [6.07, 6.45) is -0.283. The lowest BCUT2D eigenvalue weighted by Gasteiger charge is -2.45. The number of nitrogens with zero attached hydrogens (tertiary/aromatic N) is 3. The lowest BCUT2D eigenvalue weighted by Crippen LogP contribution is -2.66. The molecule has 0 bridgehead atoms. The van der Waals surface area contributed by atoms with Crippen LogP contribution in [0.4, 0.5) is 8.78 Å². The number of halogens is 2. The molecular formula is C16H17F2N3O3. The smallest absolute Gasteiger partial charge is 0.247 e. The minimum atomic E-state index is -1.03. The number of piperazine rings is 2. The number of hydrogen-bond acceptors (Lipinski definition) is 3. The third-order valence-electron chi connectivity index (χ3n) is 4.46. The van der Waals surface area contributed by atoms with Gasteiger partial charge in [-0.05, 0) is 6.07 Å². The Labute approximate surface area is 137 Å². The Morgan fingerprint density at radius 3 is 2.75 bits per heavy atom. The first-order valence-corrected chi connectivity index (χ1v) is 7.63. The van der Waals surface area contributed by atoms with Crippen LogP contribution >= 0.6 is 0 Å². The van der Waals surface area contributed by atoms with Gasteiger partial charge in [0.15, 0.2) is 11.6 Å². The van der Waals surface area contributed by atoms with E-state index in [0.29, 0.717) is 0 Å². The van der Waals surface area contributed by atoms with Crippen molar-refractivity contribution >= 4 is 17.7 Å². The van der Waals surface area contributed by atoms with Crippen LogP contribution in [0, 0.1) is 11.6 Å². The molecule has 0 unspecified atom stereocenters. The Hall–Kier alpha value is -2.51. The van der Waals surface area contributed by atoms with Crippen LogP contribution in [-0.4, -0.2) is 71.7 Å². The van der Waals surface area contributed by atoms with Crippen LogP contribution in [0.25, 0.3) is 0 Å². The van der Waals surface area contributed by atoms with E-state index in [9.17, 15) is 23.2 Å². The van der Waals surface area contributed by atoms with E-state index in [2.05, 4.69) is 0 Å². The summed E-state index contributed by atoms with van der Waals surface area (Å²) in [6, 6.07) is 2.99. The molecule has 0 saturated carbocycles. The van der Waals surface area contributed by atoms with Crippen molar-refractivity contribution in [3.63, 3.8) is 0 Å². The van der Waals surface area contributed by atoms with E-state index in [1.165, 1.54) is 26.8 Å². The lowest BCUT2D eigenvalue weighted by atomic mass is 10.1. The zero-order valence-electron chi connectivity index (χ0n) is 13.2. The second-order valence-corrected chi connectivity index (χ2v) is 6.03. The number of rotatable bonds is 2. The molecule has 0 aromatic heterocycles. The Balaban J connectivity index is 1.72. The third-order valence-corrected chi connectivity index (χ3v) is 4.46. The van der Waals surface area contributed by atoms with E-state index >= 15 is 0 Å². The second kappa shape index (κ2) is 6.18. The van der Waals surface area contributed by atoms with E-state index in [0.717, 1.165) is 6.07 Å². The van der Waals surface area contributed by atoms with Gasteiger partial charge in [-0.3, -0.25) is 14.4 Å². The molecule has 2 heterocycles. The fourth-order valence-corrected chi connectivity index (χ4v) is 3.11. The van der Waals surface area contributed by atoms with E-state index < -0.39 is 23.6 Å². The van der Waals surface area contributed by atoms with Gasteiger partial charge in [-0.25, -0.2) is 8.78 Å². The molecule has 3 rings (SSSR count). The van der Waals surface area contributed by atoms with Crippen LogP contribution in [0.1, 0.15) is 5.56 Å². The molecule has 2 saturated heterocycles. The number of fused-ring (bicyclic) bond motifs is 1. The monoisotopic (exact) mass is 337 g/mol. The standard InChI is InChI=1S/C16H17F2N3O3/c1-19-9-14(23)21-6-5-20(8-12(21)16(19)24)13(22)7-10-3-2-4-11(17)15(10)18/h2-4,12H,5-9H2,1H3/t12-/m0/s1. The molecule has 1 aromatic rings. The molecule has 0 aliphatic carbocycles. The minimum Gasteiger partial charge on any atom is -0.338 e. The van der Waals surface area contributed by atoms with Gasteiger partial charge in [0.1, 0.15) is 6.04 Å². The van der Waals surface area contributed by atoms with Gasteiger partial charge < -0.3 is 14.7 Å². The van der Waals surface area contributed by atoms with Crippen molar-refractivity contribution in [1.82, 2.24) is 14.7 Å². The van der Waals surface area contributed by atoms with Crippen LogP contribution in [0.15, 0.2) is 18.2 Å². The fourth-order valence-electron chi connectivity index (χ4n) is 3.11. The summed E-state index contributed by atoms with van der Waals surface area (Å²) in [7, 11) is 1.54. The molecule has 2 fully saturated rings. The summed E-state index contributed by atoms with van der Waals surface area (Å²) >= 11 is 0. The van der Waals surface area contributed by atoms with Crippen LogP contribution in [-0.2, 0) is 20.8 Å². The number of benzene rings is 1. The largest absolute Gasteiger partial charge is 0.338 e.